The van der Waals surface area contributed by atoms with Gasteiger partial charge in [-0.05, 0) is 38.0 Å². The molecule has 1 saturated carbocycles. The molecule has 2 aromatic rings. The average Bonchev–Trinajstić information content (AvgIpc) is 3.18. The van der Waals surface area contributed by atoms with Crippen molar-refractivity contribution in [1.82, 2.24) is 20.1 Å². The lowest BCUT2D eigenvalue weighted by molar-refractivity contribution is -0.121. The van der Waals surface area contributed by atoms with Crippen LogP contribution in [0.1, 0.15) is 24.8 Å². The maximum atomic E-state index is 11.8. The zero-order chi connectivity index (χ0) is 14.8. The van der Waals surface area contributed by atoms with E-state index in [1.165, 1.54) is 5.56 Å². The van der Waals surface area contributed by atoms with Gasteiger partial charge in [-0.3, -0.25) is 14.5 Å². The van der Waals surface area contributed by atoms with Gasteiger partial charge >= 0.3 is 0 Å². The Hall–Kier alpha value is -1.95. The molecule has 0 spiro atoms. The van der Waals surface area contributed by atoms with Crippen LogP contribution in [0.3, 0.4) is 0 Å². The smallest absolute Gasteiger partial charge is 0.222 e. The van der Waals surface area contributed by atoms with Crippen molar-refractivity contribution in [3.63, 3.8) is 0 Å². The highest BCUT2D eigenvalue weighted by molar-refractivity contribution is 7.71. The van der Waals surface area contributed by atoms with E-state index in [4.69, 9.17) is 12.2 Å². The molecule has 1 amide bonds. The highest BCUT2D eigenvalue weighted by atomic mass is 32.1. The molecule has 6 heteroatoms. The molecule has 3 rings (SSSR count). The summed E-state index contributed by atoms with van der Waals surface area (Å²) in [7, 11) is 0. The lowest BCUT2D eigenvalue weighted by Gasteiger charge is -2.08. The van der Waals surface area contributed by atoms with Gasteiger partial charge in [-0.2, -0.15) is 5.10 Å². The second kappa shape index (κ2) is 5.81. The van der Waals surface area contributed by atoms with Crippen LogP contribution in [0.15, 0.2) is 24.3 Å². The number of carbonyl (C=O) groups excluding carboxylic acids is 1. The van der Waals surface area contributed by atoms with E-state index in [2.05, 4.69) is 21.6 Å². The Balaban J connectivity index is 1.77. The third-order valence-corrected chi connectivity index (χ3v) is 3.85. The summed E-state index contributed by atoms with van der Waals surface area (Å²) in [5, 5.41) is 10.1. The second-order valence-electron chi connectivity index (χ2n) is 5.47. The molecular formula is C15H18N4OS. The van der Waals surface area contributed by atoms with Crippen molar-refractivity contribution in [2.24, 2.45) is 0 Å². The van der Waals surface area contributed by atoms with Crippen molar-refractivity contribution in [3.05, 3.63) is 34.6 Å². The fourth-order valence-corrected chi connectivity index (χ4v) is 2.49. The maximum Gasteiger partial charge on any atom is 0.222 e. The molecule has 1 heterocycles. The Bertz CT molecular complexity index is 714. The van der Waals surface area contributed by atoms with Crippen LogP contribution < -0.4 is 5.32 Å². The minimum absolute atomic E-state index is 0.0794. The number of aryl methyl sites for hydroxylation is 1. The van der Waals surface area contributed by atoms with Crippen LogP contribution in [-0.2, 0) is 11.3 Å². The summed E-state index contributed by atoms with van der Waals surface area (Å²) in [5.41, 5.74) is 2.17. The first-order valence-corrected chi connectivity index (χ1v) is 7.56. The quantitative estimate of drug-likeness (QED) is 0.835. The molecular weight excluding hydrogens is 284 g/mol. The number of H-pyrrole nitrogens is 1. The van der Waals surface area contributed by atoms with Gasteiger partial charge < -0.3 is 5.32 Å². The molecule has 1 fully saturated rings. The predicted octanol–water partition coefficient (Wildman–Crippen LogP) is 2.58. The minimum atomic E-state index is 0.0794. The van der Waals surface area contributed by atoms with Gasteiger partial charge in [0.15, 0.2) is 10.6 Å². The van der Waals surface area contributed by atoms with Crippen LogP contribution in [0.25, 0.3) is 11.4 Å². The number of hydrogen-bond donors (Lipinski definition) is 2. The van der Waals surface area contributed by atoms with E-state index in [1.807, 2.05) is 29.7 Å². The van der Waals surface area contributed by atoms with E-state index in [0.29, 0.717) is 23.8 Å². The van der Waals surface area contributed by atoms with Crippen LogP contribution in [0.2, 0.25) is 0 Å². The molecule has 21 heavy (non-hydrogen) atoms. The van der Waals surface area contributed by atoms with Crippen molar-refractivity contribution in [2.75, 3.05) is 0 Å². The molecule has 0 bridgehead atoms. The fraction of sp³-hybridized carbons (Fsp3) is 0.400. The van der Waals surface area contributed by atoms with Crippen LogP contribution in [0, 0.1) is 11.7 Å². The predicted molar refractivity (Wildman–Crippen MR) is 83.4 cm³/mol. The van der Waals surface area contributed by atoms with E-state index in [1.54, 1.807) is 0 Å². The number of carbonyl (C=O) groups is 1. The number of nitrogens with zero attached hydrogens (tertiary/aromatic N) is 2. The van der Waals surface area contributed by atoms with Gasteiger partial charge in [-0.15, -0.1) is 0 Å². The Morgan fingerprint density at radius 3 is 3.05 bits per heavy atom. The standard InChI is InChI=1S/C15H18N4OS/c1-10-3-2-4-11(9-10)14-17-18-15(21)19(14)8-7-13(20)16-12-5-6-12/h2-4,9,12H,5-8H2,1H3,(H,16,20)(H,18,21). The summed E-state index contributed by atoms with van der Waals surface area (Å²) in [5.74, 6) is 0.860. The number of rotatable bonds is 5. The Kier molecular flexibility index (Phi) is 3.88. The summed E-state index contributed by atoms with van der Waals surface area (Å²) in [6.07, 6.45) is 2.63. The van der Waals surface area contributed by atoms with Crippen molar-refractivity contribution in [1.29, 1.82) is 0 Å². The molecule has 5 nitrogen and oxygen atoms in total. The van der Waals surface area contributed by atoms with Gasteiger partial charge in [-0.25, -0.2) is 0 Å². The SMILES string of the molecule is Cc1cccc(-c2n[nH]c(=S)n2CCC(=O)NC2CC2)c1. The summed E-state index contributed by atoms with van der Waals surface area (Å²) < 4.78 is 2.43. The topological polar surface area (TPSA) is 62.7 Å². The Morgan fingerprint density at radius 2 is 2.33 bits per heavy atom. The highest BCUT2D eigenvalue weighted by Gasteiger charge is 2.23. The lowest BCUT2D eigenvalue weighted by Crippen LogP contribution is -2.26. The number of aromatic nitrogens is 3. The fourth-order valence-electron chi connectivity index (χ4n) is 2.27. The summed E-state index contributed by atoms with van der Waals surface area (Å²) in [6.45, 7) is 2.58. The lowest BCUT2D eigenvalue weighted by atomic mass is 10.1. The van der Waals surface area contributed by atoms with E-state index in [0.717, 1.165) is 24.2 Å². The number of amides is 1. The highest BCUT2D eigenvalue weighted by Crippen LogP contribution is 2.20. The summed E-state index contributed by atoms with van der Waals surface area (Å²) >= 11 is 5.27. The zero-order valence-electron chi connectivity index (χ0n) is 11.9. The first kappa shape index (κ1) is 14.0. The van der Waals surface area contributed by atoms with Crippen molar-refractivity contribution in [2.45, 2.75) is 38.8 Å². The molecule has 0 unspecified atom stereocenters. The number of nitrogens with one attached hydrogen (secondary N) is 2. The second-order valence-corrected chi connectivity index (χ2v) is 5.85. The van der Waals surface area contributed by atoms with E-state index in [9.17, 15) is 4.79 Å². The zero-order valence-corrected chi connectivity index (χ0v) is 12.7. The molecule has 1 aromatic heterocycles. The molecule has 110 valence electrons. The van der Waals surface area contributed by atoms with Gasteiger partial charge in [0.1, 0.15) is 0 Å². The van der Waals surface area contributed by atoms with Crippen LogP contribution in [0.4, 0.5) is 0 Å². The third kappa shape index (κ3) is 3.39. The molecule has 0 saturated heterocycles. The van der Waals surface area contributed by atoms with E-state index >= 15 is 0 Å². The number of aromatic amines is 1. The van der Waals surface area contributed by atoms with Gasteiger partial charge in [0.25, 0.3) is 0 Å². The molecule has 0 radical (unpaired) electrons. The molecule has 1 aromatic carbocycles. The average molecular weight is 302 g/mol. The number of benzene rings is 1. The summed E-state index contributed by atoms with van der Waals surface area (Å²) in [4.78, 5) is 11.8. The molecule has 1 aliphatic rings. The molecule has 0 aliphatic heterocycles. The van der Waals surface area contributed by atoms with Crippen molar-refractivity contribution < 1.29 is 4.79 Å². The largest absolute Gasteiger partial charge is 0.353 e. The third-order valence-electron chi connectivity index (χ3n) is 3.54. The van der Waals surface area contributed by atoms with Crippen molar-refractivity contribution >= 4 is 18.1 Å². The maximum absolute atomic E-state index is 11.8. The van der Waals surface area contributed by atoms with Gasteiger partial charge in [0, 0.05) is 24.6 Å². The first-order valence-electron chi connectivity index (χ1n) is 7.15. The molecule has 1 aliphatic carbocycles. The van der Waals surface area contributed by atoms with Gasteiger partial charge in [0.2, 0.25) is 5.91 Å². The van der Waals surface area contributed by atoms with Gasteiger partial charge in [-0.1, -0.05) is 23.8 Å². The van der Waals surface area contributed by atoms with Crippen LogP contribution in [-0.4, -0.2) is 26.7 Å². The van der Waals surface area contributed by atoms with E-state index < -0.39 is 0 Å². The monoisotopic (exact) mass is 302 g/mol. The number of hydrogen-bond acceptors (Lipinski definition) is 3. The minimum Gasteiger partial charge on any atom is -0.353 e. The van der Waals surface area contributed by atoms with Crippen LogP contribution >= 0.6 is 12.2 Å². The first-order chi connectivity index (χ1) is 10.1. The van der Waals surface area contributed by atoms with Crippen LogP contribution in [0.5, 0.6) is 0 Å². The van der Waals surface area contributed by atoms with Crippen molar-refractivity contribution in [3.8, 4) is 11.4 Å². The normalized spacial score (nSPS) is 14.1. The Morgan fingerprint density at radius 1 is 1.52 bits per heavy atom. The Labute approximate surface area is 128 Å². The molecule has 2 N–H and O–H groups in total. The molecule has 0 atom stereocenters. The summed E-state index contributed by atoms with van der Waals surface area (Å²) in [6, 6.07) is 8.49. The van der Waals surface area contributed by atoms with E-state index in [-0.39, 0.29) is 5.91 Å². The van der Waals surface area contributed by atoms with Gasteiger partial charge in [0.05, 0.1) is 0 Å².